The van der Waals surface area contributed by atoms with Crippen LogP contribution in [0.5, 0.6) is 11.5 Å². The molecule has 4 rings (SSSR count). The van der Waals surface area contributed by atoms with Gasteiger partial charge in [-0.15, -0.1) is 10.2 Å². The number of sulfone groups is 1. The number of hydrogen-bond donors (Lipinski definition) is 0. The molecule has 12 heteroatoms. The molecule has 0 aliphatic carbocycles. The van der Waals surface area contributed by atoms with Crippen molar-refractivity contribution >= 4 is 9.84 Å². The maximum absolute atomic E-state index is 13.7. The molecular weight excluding hydrogens is 508 g/mol. The third-order valence-electron chi connectivity index (χ3n) is 5.96. The van der Waals surface area contributed by atoms with Crippen LogP contribution in [0.4, 0.5) is 0 Å². The van der Waals surface area contributed by atoms with Gasteiger partial charge >= 0.3 is 0 Å². The Morgan fingerprint density at radius 1 is 0.974 bits per heavy atom. The van der Waals surface area contributed by atoms with Gasteiger partial charge in [0.1, 0.15) is 34.7 Å². The van der Waals surface area contributed by atoms with Crippen molar-refractivity contribution in [3.8, 4) is 28.7 Å². The molecule has 1 aromatic carbocycles. The lowest BCUT2D eigenvalue weighted by Crippen LogP contribution is -2.30. The smallest absolute Gasteiger partial charge is 0.187 e. The van der Waals surface area contributed by atoms with Gasteiger partial charge in [-0.3, -0.25) is 9.55 Å². The largest absolute Gasteiger partial charge is 0.494 e. The molecule has 0 radical (unpaired) electrons. The summed E-state index contributed by atoms with van der Waals surface area (Å²) in [5.41, 5.74) is 1.84. The zero-order valence-corrected chi connectivity index (χ0v) is 22.7. The van der Waals surface area contributed by atoms with Gasteiger partial charge in [0.15, 0.2) is 27.3 Å². The number of nitrogens with zero attached hydrogens (tertiary/aromatic N) is 6. The maximum atomic E-state index is 13.7. The fourth-order valence-electron chi connectivity index (χ4n) is 4.02. The summed E-state index contributed by atoms with van der Waals surface area (Å²) in [7, 11) is -0.892. The summed E-state index contributed by atoms with van der Waals surface area (Å²) >= 11 is 0. The van der Waals surface area contributed by atoms with Crippen molar-refractivity contribution in [1.82, 2.24) is 29.7 Å². The second-order valence-electron chi connectivity index (χ2n) is 8.52. The molecule has 2 atom stereocenters. The Bertz CT molecular complexity index is 1480. The van der Waals surface area contributed by atoms with Gasteiger partial charge < -0.3 is 14.2 Å². The lowest BCUT2D eigenvalue weighted by atomic mass is 10.2. The molecule has 0 N–H and O–H groups in total. The van der Waals surface area contributed by atoms with Crippen LogP contribution in [0.2, 0.25) is 0 Å². The molecule has 0 aliphatic rings. The normalized spacial score (nSPS) is 13.2. The molecule has 0 amide bonds. The number of hydrogen-bond acceptors (Lipinski definition) is 10. The average molecular weight is 539 g/mol. The number of benzene rings is 1. The fourth-order valence-corrected chi connectivity index (χ4v) is 5.44. The summed E-state index contributed by atoms with van der Waals surface area (Å²) in [6, 6.07) is 10.7. The van der Waals surface area contributed by atoms with Gasteiger partial charge in [0.25, 0.3) is 0 Å². The minimum Gasteiger partial charge on any atom is -0.494 e. The van der Waals surface area contributed by atoms with Crippen LogP contribution in [0, 0.1) is 6.92 Å². The molecule has 0 spiro atoms. The van der Waals surface area contributed by atoms with E-state index in [2.05, 4.69) is 25.1 Å². The predicted molar refractivity (Wildman–Crippen MR) is 141 cm³/mol. The van der Waals surface area contributed by atoms with E-state index in [1.165, 1.54) is 14.2 Å². The van der Waals surface area contributed by atoms with Gasteiger partial charge in [0.2, 0.25) is 0 Å². The van der Waals surface area contributed by atoms with E-state index < -0.39 is 26.9 Å². The molecule has 200 valence electrons. The number of para-hydroxylation sites is 1. The van der Waals surface area contributed by atoms with Crippen LogP contribution in [-0.4, -0.2) is 64.2 Å². The highest BCUT2D eigenvalue weighted by atomic mass is 32.2. The summed E-state index contributed by atoms with van der Waals surface area (Å²) in [4.78, 5) is 13.0. The molecule has 0 aliphatic heterocycles. The van der Waals surface area contributed by atoms with E-state index in [0.29, 0.717) is 35.3 Å². The second kappa shape index (κ2) is 11.7. The third kappa shape index (κ3) is 5.50. The molecule has 0 saturated heterocycles. The quantitative estimate of drug-likeness (QED) is 0.279. The van der Waals surface area contributed by atoms with Crippen molar-refractivity contribution in [3.05, 3.63) is 72.2 Å². The van der Waals surface area contributed by atoms with Crippen molar-refractivity contribution in [2.24, 2.45) is 0 Å². The molecule has 4 aromatic rings. The first-order chi connectivity index (χ1) is 18.3. The Balaban J connectivity index is 1.83. The highest BCUT2D eigenvalue weighted by molar-refractivity contribution is 7.91. The molecule has 0 bridgehead atoms. The molecular formula is C26H30N6O5S. The van der Waals surface area contributed by atoms with Crippen LogP contribution in [0.3, 0.4) is 0 Å². The molecule has 2 unspecified atom stereocenters. The van der Waals surface area contributed by atoms with Gasteiger partial charge in [-0.1, -0.05) is 12.1 Å². The first-order valence-electron chi connectivity index (χ1n) is 12.0. The number of ether oxygens (including phenoxy) is 3. The zero-order valence-electron chi connectivity index (χ0n) is 21.9. The van der Waals surface area contributed by atoms with E-state index in [-0.39, 0.29) is 11.6 Å². The Kier molecular flexibility index (Phi) is 8.32. The maximum Gasteiger partial charge on any atom is 0.187 e. The molecule has 11 nitrogen and oxygen atoms in total. The van der Waals surface area contributed by atoms with Crippen molar-refractivity contribution in [2.75, 3.05) is 20.8 Å². The minimum atomic E-state index is -3.86. The van der Waals surface area contributed by atoms with Crippen molar-refractivity contribution in [3.63, 3.8) is 0 Å². The number of pyridine rings is 1. The molecule has 0 saturated carbocycles. The van der Waals surface area contributed by atoms with E-state index in [1.807, 2.05) is 19.9 Å². The Labute approximate surface area is 221 Å². The van der Waals surface area contributed by atoms with Crippen LogP contribution < -0.4 is 9.47 Å². The summed E-state index contributed by atoms with van der Waals surface area (Å²) in [5.74, 6) is 1.30. The van der Waals surface area contributed by atoms with Gasteiger partial charge in [-0.2, -0.15) is 0 Å². The Morgan fingerprint density at radius 2 is 1.71 bits per heavy atom. The highest BCUT2D eigenvalue weighted by Gasteiger charge is 2.35. The van der Waals surface area contributed by atoms with E-state index in [1.54, 1.807) is 60.4 Å². The van der Waals surface area contributed by atoms with Crippen LogP contribution in [-0.2, 0) is 20.3 Å². The summed E-state index contributed by atoms with van der Waals surface area (Å²) in [6.45, 7) is 5.67. The number of aromatic nitrogens is 6. The predicted octanol–water partition coefficient (Wildman–Crippen LogP) is 3.53. The topological polar surface area (TPSA) is 131 Å². The van der Waals surface area contributed by atoms with Crippen LogP contribution >= 0.6 is 0 Å². The van der Waals surface area contributed by atoms with Crippen molar-refractivity contribution in [2.45, 2.75) is 37.9 Å². The SMILES string of the molecule is CCOc1cccc(OC)c1-n1c(CS(=O)(=O)C(C)C(OC)c2ncc(C)cn2)nnc1-c1ccccn1. The fraction of sp³-hybridized carbons (Fsp3) is 0.346. The first-order valence-corrected chi connectivity index (χ1v) is 13.7. The molecule has 3 heterocycles. The monoisotopic (exact) mass is 538 g/mol. The molecule has 38 heavy (non-hydrogen) atoms. The van der Waals surface area contributed by atoms with Gasteiger partial charge in [-0.25, -0.2) is 18.4 Å². The first kappa shape index (κ1) is 27.1. The van der Waals surface area contributed by atoms with E-state index in [9.17, 15) is 8.42 Å². The van der Waals surface area contributed by atoms with Gasteiger partial charge in [0, 0.05) is 25.7 Å². The number of rotatable bonds is 11. The van der Waals surface area contributed by atoms with E-state index in [0.717, 1.165) is 5.56 Å². The number of aryl methyl sites for hydroxylation is 1. The highest BCUT2D eigenvalue weighted by Crippen LogP contribution is 2.37. The van der Waals surface area contributed by atoms with E-state index >= 15 is 0 Å². The van der Waals surface area contributed by atoms with Crippen molar-refractivity contribution in [1.29, 1.82) is 0 Å². The summed E-state index contributed by atoms with van der Waals surface area (Å²) in [5, 5.41) is 7.64. The van der Waals surface area contributed by atoms with Gasteiger partial charge in [0.05, 0.1) is 19.0 Å². The lowest BCUT2D eigenvalue weighted by molar-refractivity contribution is 0.0947. The third-order valence-corrected chi connectivity index (χ3v) is 8.00. The Morgan fingerprint density at radius 3 is 2.34 bits per heavy atom. The molecule has 0 fully saturated rings. The minimum absolute atomic E-state index is 0.169. The average Bonchev–Trinajstić information content (AvgIpc) is 3.32. The van der Waals surface area contributed by atoms with E-state index in [4.69, 9.17) is 14.2 Å². The van der Waals surface area contributed by atoms with Crippen molar-refractivity contribution < 1.29 is 22.6 Å². The summed E-state index contributed by atoms with van der Waals surface area (Å²) in [6.07, 6.45) is 4.00. The van der Waals surface area contributed by atoms with Gasteiger partial charge in [-0.05, 0) is 50.6 Å². The second-order valence-corrected chi connectivity index (χ2v) is 10.9. The standard InChI is InChI=1S/C26H30N6O5S/c1-6-37-21-12-9-11-20(35-4)23(21)32-22(30-31-26(32)19-10-7-8-13-27-19)16-38(33,34)18(3)24(36-5)25-28-14-17(2)15-29-25/h7-15,18,24H,6,16H2,1-5H3. The van der Waals surface area contributed by atoms with Crippen LogP contribution in [0.15, 0.2) is 55.0 Å². The summed E-state index contributed by atoms with van der Waals surface area (Å²) < 4.78 is 46.2. The number of methoxy groups -OCH3 is 2. The zero-order chi connectivity index (χ0) is 27.3. The molecule has 3 aromatic heterocycles. The van der Waals surface area contributed by atoms with Crippen LogP contribution in [0.1, 0.15) is 37.2 Å². The Hall–Kier alpha value is -3.90. The van der Waals surface area contributed by atoms with Crippen LogP contribution in [0.25, 0.3) is 17.2 Å². The lowest BCUT2D eigenvalue weighted by Gasteiger charge is -2.22.